The van der Waals surface area contributed by atoms with Gasteiger partial charge in [-0.25, -0.2) is 4.98 Å². The van der Waals surface area contributed by atoms with E-state index in [0.717, 1.165) is 43.6 Å². The predicted molar refractivity (Wildman–Crippen MR) is 94.9 cm³/mol. The van der Waals surface area contributed by atoms with Gasteiger partial charge in [0.25, 0.3) is 0 Å². The van der Waals surface area contributed by atoms with Crippen molar-refractivity contribution in [2.45, 2.75) is 26.3 Å². The van der Waals surface area contributed by atoms with Crippen molar-refractivity contribution in [1.29, 1.82) is 0 Å². The summed E-state index contributed by atoms with van der Waals surface area (Å²) in [5, 5.41) is 3.61. The fourth-order valence-corrected chi connectivity index (χ4v) is 3.08. The van der Waals surface area contributed by atoms with Gasteiger partial charge in [-0.15, -0.1) is 0 Å². The third-order valence-electron chi connectivity index (χ3n) is 4.37. The highest BCUT2D eigenvalue weighted by molar-refractivity contribution is 6.31. The largest absolute Gasteiger partial charge is 0.310 e. The second kappa shape index (κ2) is 7.73. The van der Waals surface area contributed by atoms with E-state index in [1.165, 1.54) is 0 Å². The van der Waals surface area contributed by atoms with Crippen molar-refractivity contribution in [2.24, 2.45) is 5.92 Å². The van der Waals surface area contributed by atoms with E-state index in [0.29, 0.717) is 10.8 Å². The Bertz CT molecular complexity index is 696. The molecule has 1 aliphatic heterocycles. The Morgan fingerprint density at radius 3 is 2.75 bits per heavy atom. The number of anilines is 1. The lowest BCUT2D eigenvalue weighted by atomic mass is 9.95. The number of nitrogens with one attached hydrogen (secondary N) is 1. The van der Waals surface area contributed by atoms with Gasteiger partial charge in [-0.2, -0.15) is 0 Å². The normalized spacial score (nSPS) is 16.1. The summed E-state index contributed by atoms with van der Waals surface area (Å²) in [6, 6.07) is 5.74. The number of halogens is 1. The maximum atomic E-state index is 12.4. The Kier molecular flexibility index (Phi) is 5.43. The number of rotatable bonds is 4. The van der Waals surface area contributed by atoms with Gasteiger partial charge >= 0.3 is 0 Å². The molecule has 24 heavy (non-hydrogen) atoms. The molecule has 5 nitrogen and oxygen atoms in total. The van der Waals surface area contributed by atoms with Crippen LogP contribution in [0.1, 0.15) is 24.0 Å². The minimum absolute atomic E-state index is 0.0391. The molecule has 0 radical (unpaired) electrons. The van der Waals surface area contributed by atoms with Crippen molar-refractivity contribution in [3.05, 3.63) is 52.9 Å². The summed E-state index contributed by atoms with van der Waals surface area (Å²) in [6.07, 6.45) is 6.89. The van der Waals surface area contributed by atoms with Crippen molar-refractivity contribution in [2.75, 3.05) is 18.4 Å². The highest BCUT2D eigenvalue weighted by atomic mass is 35.5. The smallest absolute Gasteiger partial charge is 0.228 e. The van der Waals surface area contributed by atoms with E-state index >= 15 is 0 Å². The Balaban J connectivity index is 1.50. The zero-order valence-corrected chi connectivity index (χ0v) is 14.5. The molecule has 1 fully saturated rings. The van der Waals surface area contributed by atoms with E-state index in [2.05, 4.69) is 20.2 Å². The SMILES string of the molecule is Cc1ccc(NC(=O)C2CCN(Cc3ccncc3Cl)CC2)nc1. The van der Waals surface area contributed by atoms with Crippen LogP contribution in [0.3, 0.4) is 0 Å². The number of hydrogen-bond donors (Lipinski definition) is 1. The topological polar surface area (TPSA) is 58.1 Å². The molecular weight excluding hydrogens is 324 g/mol. The number of carbonyl (C=O) groups is 1. The number of aryl methyl sites for hydroxylation is 1. The minimum atomic E-state index is 0.0391. The molecule has 3 rings (SSSR count). The van der Waals surface area contributed by atoms with Crippen molar-refractivity contribution < 1.29 is 4.79 Å². The van der Waals surface area contributed by atoms with E-state index < -0.39 is 0 Å². The van der Waals surface area contributed by atoms with Crippen LogP contribution in [0.4, 0.5) is 5.82 Å². The van der Waals surface area contributed by atoms with Gasteiger partial charge in [-0.1, -0.05) is 17.7 Å². The number of likely N-dealkylation sites (tertiary alicyclic amines) is 1. The van der Waals surface area contributed by atoms with Crippen LogP contribution in [0.2, 0.25) is 5.02 Å². The van der Waals surface area contributed by atoms with Crippen LogP contribution in [-0.2, 0) is 11.3 Å². The van der Waals surface area contributed by atoms with E-state index in [4.69, 9.17) is 11.6 Å². The highest BCUT2D eigenvalue weighted by Crippen LogP contribution is 2.22. The molecule has 0 atom stereocenters. The molecule has 1 amide bonds. The van der Waals surface area contributed by atoms with Gasteiger partial charge in [0.1, 0.15) is 5.82 Å². The first-order chi connectivity index (χ1) is 11.6. The van der Waals surface area contributed by atoms with Crippen LogP contribution in [0.15, 0.2) is 36.8 Å². The van der Waals surface area contributed by atoms with Crippen molar-refractivity contribution in [3.63, 3.8) is 0 Å². The number of piperidine rings is 1. The molecule has 0 unspecified atom stereocenters. The van der Waals surface area contributed by atoms with Crippen LogP contribution >= 0.6 is 11.6 Å². The molecule has 126 valence electrons. The van der Waals surface area contributed by atoms with Crippen LogP contribution in [-0.4, -0.2) is 33.9 Å². The fourth-order valence-electron chi connectivity index (χ4n) is 2.90. The van der Waals surface area contributed by atoms with Gasteiger partial charge in [0.05, 0.1) is 5.02 Å². The third-order valence-corrected chi connectivity index (χ3v) is 4.71. The van der Waals surface area contributed by atoms with Crippen LogP contribution in [0.5, 0.6) is 0 Å². The highest BCUT2D eigenvalue weighted by Gasteiger charge is 2.25. The summed E-state index contributed by atoms with van der Waals surface area (Å²) in [7, 11) is 0. The number of pyridine rings is 2. The Hall–Kier alpha value is -1.98. The van der Waals surface area contributed by atoms with Crippen molar-refractivity contribution in [1.82, 2.24) is 14.9 Å². The second-order valence-corrected chi connectivity index (χ2v) is 6.63. The summed E-state index contributed by atoms with van der Waals surface area (Å²) in [4.78, 5) is 22.9. The van der Waals surface area contributed by atoms with Crippen LogP contribution in [0.25, 0.3) is 0 Å². The van der Waals surface area contributed by atoms with Gasteiger partial charge in [0.15, 0.2) is 0 Å². The summed E-state index contributed by atoms with van der Waals surface area (Å²) in [5.74, 6) is 0.724. The van der Waals surface area contributed by atoms with Gasteiger partial charge in [-0.05, 0) is 56.1 Å². The molecule has 1 N–H and O–H groups in total. The summed E-state index contributed by atoms with van der Waals surface area (Å²) in [6.45, 7) is 4.55. The third kappa shape index (κ3) is 4.30. The van der Waals surface area contributed by atoms with E-state index in [1.54, 1.807) is 18.6 Å². The molecule has 6 heteroatoms. The Morgan fingerprint density at radius 2 is 2.08 bits per heavy atom. The monoisotopic (exact) mass is 344 g/mol. The molecule has 0 aromatic carbocycles. The minimum Gasteiger partial charge on any atom is -0.310 e. The van der Waals surface area contributed by atoms with Crippen LogP contribution in [0, 0.1) is 12.8 Å². The number of aromatic nitrogens is 2. The predicted octanol–water partition coefficient (Wildman–Crippen LogP) is 3.29. The number of carbonyl (C=O) groups excluding carboxylic acids is 1. The molecule has 0 spiro atoms. The van der Waals surface area contributed by atoms with Crippen molar-refractivity contribution >= 4 is 23.3 Å². The first-order valence-corrected chi connectivity index (χ1v) is 8.54. The quantitative estimate of drug-likeness (QED) is 0.924. The average Bonchev–Trinajstić information content (AvgIpc) is 2.59. The number of nitrogens with zero attached hydrogens (tertiary/aromatic N) is 3. The first-order valence-electron chi connectivity index (χ1n) is 8.16. The summed E-state index contributed by atoms with van der Waals surface area (Å²) < 4.78 is 0. The summed E-state index contributed by atoms with van der Waals surface area (Å²) >= 11 is 6.16. The van der Waals surface area contributed by atoms with Gasteiger partial charge in [0.2, 0.25) is 5.91 Å². The summed E-state index contributed by atoms with van der Waals surface area (Å²) in [5.41, 5.74) is 2.16. The van der Waals surface area contributed by atoms with Gasteiger partial charge in [-0.3, -0.25) is 14.7 Å². The Morgan fingerprint density at radius 1 is 1.29 bits per heavy atom. The zero-order chi connectivity index (χ0) is 16.9. The molecule has 1 aliphatic rings. The molecule has 0 bridgehead atoms. The average molecular weight is 345 g/mol. The molecule has 1 saturated heterocycles. The van der Waals surface area contributed by atoms with Gasteiger partial charge in [0, 0.05) is 31.1 Å². The molecule has 2 aromatic rings. The van der Waals surface area contributed by atoms with E-state index in [-0.39, 0.29) is 11.8 Å². The molecule has 3 heterocycles. The molecule has 0 saturated carbocycles. The van der Waals surface area contributed by atoms with E-state index in [9.17, 15) is 4.79 Å². The standard InChI is InChI=1S/C18H21ClN4O/c1-13-2-3-17(21-10-13)22-18(24)14-5-8-23(9-6-14)12-15-4-7-20-11-16(15)19/h2-4,7,10-11,14H,5-6,8-9,12H2,1H3,(H,21,22,24). The van der Waals surface area contributed by atoms with Crippen LogP contribution < -0.4 is 5.32 Å². The Labute approximate surface area is 147 Å². The molecule has 0 aliphatic carbocycles. The maximum Gasteiger partial charge on any atom is 0.228 e. The lowest BCUT2D eigenvalue weighted by Gasteiger charge is -2.31. The van der Waals surface area contributed by atoms with Gasteiger partial charge < -0.3 is 5.32 Å². The molecular formula is C18H21ClN4O. The lowest BCUT2D eigenvalue weighted by Crippen LogP contribution is -2.37. The van der Waals surface area contributed by atoms with Crippen molar-refractivity contribution in [3.8, 4) is 0 Å². The zero-order valence-electron chi connectivity index (χ0n) is 13.7. The number of amides is 1. The lowest BCUT2D eigenvalue weighted by molar-refractivity contribution is -0.121. The maximum absolute atomic E-state index is 12.4. The number of hydrogen-bond acceptors (Lipinski definition) is 4. The second-order valence-electron chi connectivity index (χ2n) is 6.23. The van der Waals surface area contributed by atoms with E-state index in [1.807, 2.05) is 25.1 Å². The molecule has 2 aromatic heterocycles. The first kappa shape index (κ1) is 16.9. The fraction of sp³-hybridized carbons (Fsp3) is 0.389.